The van der Waals surface area contributed by atoms with Crippen molar-refractivity contribution in [2.24, 2.45) is 11.7 Å². The molecule has 2 aromatic rings. The van der Waals surface area contributed by atoms with Crippen molar-refractivity contribution in [2.75, 3.05) is 18.0 Å². The highest BCUT2D eigenvalue weighted by molar-refractivity contribution is 6.01. The van der Waals surface area contributed by atoms with Gasteiger partial charge < -0.3 is 15.5 Å². The van der Waals surface area contributed by atoms with Crippen molar-refractivity contribution < 1.29 is 14.4 Å². The predicted molar refractivity (Wildman–Crippen MR) is 121 cm³/mol. The van der Waals surface area contributed by atoms with Crippen molar-refractivity contribution >= 4 is 23.4 Å². The average molecular weight is 422 g/mol. The van der Waals surface area contributed by atoms with Gasteiger partial charge in [-0.15, -0.1) is 0 Å². The van der Waals surface area contributed by atoms with Crippen LogP contribution in [0.3, 0.4) is 0 Å². The van der Waals surface area contributed by atoms with Crippen molar-refractivity contribution in [3.05, 3.63) is 65.7 Å². The molecule has 2 atom stereocenters. The highest BCUT2D eigenvalue weighted by atomic mass is 16.2. The fourth-order valence-electron chi connectivity index (χ4n) is 4.05. The molecule has 3 amide bonds. The fraction of sp³-hybridized carbons (Fsp3) is 0.400. The molecule has 0 spiro atoms. The quantitative estimate of drug-likeness (QED) is 0.673. The molecule has 2 unspecified atom stereocenters. The second-order valence-corrected chi connectivity index (χ2v) is 8.24. The van der Waals surface area contributed by atoms with E-state index in [0.29, 0.717) is 19.0 Å². The van der Waals surface area contributed by atoms with Crippen molar-refractivity contribution in [2.45, 2.75) is 45.6 Å². The van der Waals surface area contributed by atoms with E-state index in [0.717, 1.165) is 23.2 Å². The van der Waals surface area contributed by atoms with E-state index in [2.05, 4.69) is 19.9 Å². The lowest BCUT2D eigenvalue weighted by molar-refractivity contribution is -0.136. The molecule has 1 aliphatic rings. The number of carbonyl (C=O) groups is 3. The van der Waals surface area contributed by atoms with Gasteiger partial charge in [0, 0.05) is 38.2 Å². The molecule has 6 heteroatoms. The highest BCUT2D eigenvalue weighted by Crippen LogP contribution is 2.34. The van der Waals surface area contributed by atoms with E-state index in [1.54, 1.807) is 9.80 Å². The number of rotatable bonds is 9. The van der Waals surface area contributed by atoms with Crippen LogP contribution in [0, 0.1) is 5.92 Å². The molecule has 1 fully saturated rings. The summed E-state index contributed by atoms with van der Waals surface area (Å²) in [6, 6.07) is 17.6. The van der Waals surface area contributed by atoms with Gasteiger partial charge in [0.1, 0.15) is 0 Å². The van der Waals surface area contributed by atoms with Crippen LogP contribution in [-0.2, 0) is 20.9 Å². The molecule has 1 saturated heterocycles. The zero-order valence-electron chi connectivity index (χ0n) is 18.3. The van der Waals surface area contributed by atoms with E-state index in [9.17, 15) is 14.4 Å². The molecule has 6 nitrogen and oxygen atoms in total. The van der Waals surface area contributed by atoms with Gasteiger partial charge in [-0.2, -0.15) is 0 Å². The number of hydrogen-bond donors (Lipinski definition) is 1. The third kappa shape index (κ3) is 5.51. The van der Waals surface area contributed by atoms with Gasteiger partial charge in [0.25, 0.3) is 0 Å². The molecule has 0 radical (unpaired) electrons. The Balaban J connectivity index is 1.79. The standard InChI is InChI=1S/C25H31N3O3/c1-3-18(2)21-11-7-8-12-22(21)28-17-20(15-24(28)30)25(31)27(14-13-23(26)29)16-19-9-5-4-6-10-19/h4-12,18,20H,3,13-17H2,1-2H3,(H2,26,29). The molecule has 1 heterocycles. The first-order valence-corrected chi connectivity index (χ1v) is 10.9. The molecule has 2 aromatic carbocycles. The Morgan fingerprint density at radius 1 is 1.13 bits per heavy atom. The zero-order chi connectivity index (χ0) is 22.4. The molecule has 3 rings (SSSR count). The van der Waals surface area contributed by atoms with Crippen molar-refractivity contribution in [1.82, 2.24) is 4.90 Å². The predicted octanol–water partition coefficient (Wildman–Crippen LogP) is 3.46. The normalized spacial score (nSPS) is 16.9. The van der Waals surface area contributed by atoms with Crippen LogP contribution in [0.2, 0.25) is 0 Å². The maximum absolute atomic E-state index is 13.4. The maximum atomic E-state index is 13.4. The maximum Gasteiger partial charge on any atom is 0.228 e. The summed E-state index contributed by atoms with van der Waals surface area (Å²) in [5.41, 5.74) is 8.32. The molecule has 0 saturated carbocycles. The number of amides is 3. The second-order valence-electron chi connectivity index (χ2n) is 8.24. The second kappa shape index (κ2) is 10.2. The first-order valence-electron chi connectivity index (χ1n) is 10.9. The van der Waals surface area contributed by atoms with Crippen LogP contribution < -0.4 is 10.6 Å². The number of anilines is 1. The lowest BCUT2D eigenvalue weighted by Crippen LogP contribution is -2.39. The van der Waals surface area contributed by atoms with Gasteiger partial charge in [-0.1, -0.05) is 62.4 Å². The molecule has 0 bridgehead atoms. The first-order chi connectivity index (χ1) is 14.9. The topological polar surface area (TPSA) is 83.7 Å². The van der Waals surface area contributed by atoms with Crippen LogP contribution in [0.15, 0.2) is 54.6 Å². The molecule has 164 valence electrons. The Labute approximate surface area is 184 Å². The summed E-state index contributed by atoms with van der Waals surface area (Å²) in [6.07, 6.45) is 1.24. The van der Waals surface area contributed by atoms with E-state index in [1.807, 2.05) is 48.5 Å². The summed E-state index contributed by atoms with van der Waals surface area (Å²) in [6.45, 7) is 5.26. The van der Waals surface area contributed by atoms with Gasteiger partial charge in [0.15, 0.2) is 0 Å². The lowest BCUT2D eigenvalue weighted by Gasteiger charge is -2.26. The Hall–Kier alpha value is -3.15. The summed E-state index contributed by atoms with van der Waals surface area (Å²) in [5, 5.41) is 0. The van der Waals surface area contributed by atoms with Crippen LogP contribution in [0.25, 0.3) is 0 Å². The van der Waals surface area contributed by atoms with Crippen LogP contribution in [0.5, 0.6) is 0 Å². The summed E-state index contributed by atoms with van der Waals surface area (Å²) < 4.78 is 0. The van der Waals surface area contributed by atoms with E-state index in [4.69, 9.17) is 5.73 Å². The van der Waals surface area contributed by atoms with Gasteiger partial charge in [0.2, 0.25) is 17.7 Å². The minimum atomic E-state index is -0.447. The SMILES string of the molecule is CCC(C)c1ccccc1N1CC(C(=O)N(CCC(N)=O)Cc2ccccc2)CC1=O. The Bertz CT molecular complexity index is 929. The lowest BCUT2D eigenvalue weighted by atomic mass is 9.96. The molecule has 2 N–H and O–H groups in total. The van der Waals surface area contributed by atoms with Crippen LogP contribution in [-0.4, -0.2) is 35.7 Å². The molecule has 31 heavy (non-hydrogen) atoms. The summed E-state index contributed by atoms with van der Waals surface area (Å²) in [7, 11) is 0. The number of nitrogens with zero attached hydrogens (tertiary/aromatic N) is 2. The van der Waals surface area contributed by atoms with E-state index in [1.165, 1.54) is 0 Å². The van der Waals surface area contributed by atoms with Gasteiger partial charge in [0.05, 0.1) is 5.92 Å². The van der Waals surface area contributed by atoms with Crippen molar-refractivity contribution in [3.63, 3.8) is 0 Å². The monoisotopic (exact) mass is 421 g/mol. The van der Waals surface area contributed by atoms with Crippen LogP contribution in [0.4, 0.5) is 5.69 Å². The zero-order valence-corrected chi connectivity index (χ0v) is 18.3. The van der Waals surface area contributed by atoms with Gasteiger partial charge >= 0.3 is 0 Å². The fourth-order valence-corrected chi connectivity index (χ4v) is 4.05. The van der Waals surface area contributed by atoms with E-state index >= 15 is 0 Å². The summed E-state index contributed by atoms with van der Waals surface area (Å²) >= 11 is 0. The van der Waals surface area contributed by atoms with E-state index in [-0.39, 0.29) is 31.2 Å². The molecular formula is C25H31N3O3. The van der Waals surface area contributed by atoms with Crippen LogP contribution in [0.1, 0.15) is 50.2 Å². The summed E-state index contributed by atoms with van der Waals surface area (Å²) in [5.74, 6) is -0.707. The minimum Gasteiger partial charge on any atom is -0.370 e. The smallest absolute Gasteiger partial charge is 0.228 e. The number of para-hydroxylation sites is 1. The third-order valence-electron chi connectivity index (χ3n) is 6.00. The summed E-state index contributed by atoms with van der Waals surface area (Å²) in [4.78, 5) is 41.0. The number of benzene rings is 2. The van der Waals surface area contributed by atoms with Crippen molar-refractivity contribution in [3.8, 4) is 0 Å². The Morgan fingerprint density at radius 2 is 1.81 bits per heavy atom. The molecule has 0 aliphatic carbocycles. The molecule has 1 aliphatic heterocycles. The first kappa shape index (κ1) is 22.5. The average Bonchev–Trinajstić information content (AvgIpc) is 3.17. The molecular weight excluding hydrogens is 390 g/mol. The Kier molecular flexibility index (Phi) is 7.45. The third-order valence-corrected chi connectivity index (χ3v) is 6.00. The largest absolute Gasteiger partial charge is 0.370 e. The highest BCUT2D eigenvalue weighted by Gasteiger charge is 2.38. The van der Waals surface area contributed by atoms with Crippen LogP contribution >= 0.6 is 0 Å². The van der Waals surface area contributed by atoms with Gasteiger partial charge in [-0.25, -0.2) is 0 Å². The number of carbonyl (C=O) groups excluding carboxylic acids is 3. The van der Waals surface area contributed by atoms with Gasteiger partial charge in [-0.05, 0) is 29.5 Å². The van der Waals surface area contributed by atoms with Crippen molar-refractivity contribution in [1.29, 1.82) is 0 Å². The molecule has 0 aromatic heterocycles. The van der Waals surface area contributed by atoms with Gasteiger partial charge in [-0.3, -0.25) is 14.4 Å². The Morgan fingerprint density at radius 3 is 2.48 bits per heavy atom. The minimum absolute atomic E-state index is 0.0383. The number of nitrogens with two attached hydrogens (primary N) is 1. The van der Waals surface area contributed by atoms with E-state index < -0.39 is 11.8 Å². The number of hydrogen-bond acceptors (Lipinski definition) is 3. The number of primary amides is 1.